The highest BCUT2D eigenvalue weighted by Gasteiger charge is 2.58. The molecule has 2 aliphatic carbocycles. The van der Waals surface area contributed by atoms with Gasteiger partial charge in [0.05, 0.1) is 5.69 Å². The third-order valence-electron chi connectivity index (χ3n) is 6.01. The Morgan fingerprint density at radius 1 is 1.32 bits per heavy atom. The number of rotatable bonds is 5. The average Bonchev–Trinajstić information content (AvgIpc) is 3.51. The number of amides is 1. The maximum absolute atomic E-state index is 12.6. The first-order valence-corrected chi connectivity index (χ1v) is 9.47. The Labute approximate surface area is 160 Å². The number of piperidine rings is 1. The predicted octanol–water partition coefficient (Wildman–Crippen LogP) is 2.66. The first-order chi connectivity index (χ1) is 13.4. The summed E-state index contributed by atoms with van der Waals surface area (Å²) in [7, 11) is 0. The molecule has 1 amide bonds. The molecular weight excluding hydrogens is 368 g/mol. The molecule has 9 heteroatoms. The van der Waals surface area contributed by atoms with Crippen LogP contribution in [-0.4, -0.2) is 45.0 Å². The van der Waals surface area contributed by atoms with Crippen LogP contribution in [0.1, 0.15) is 37.5 Å². The van der Waals surface area contributed by atoms with Crippen molar-refractivity contribution >= 4 is 11.7 Å². The van der Waals surface area contributed by atoms with E-state index in [-0.39, 0.29) is 17.5 Å². The number of alkyl halides is 2. The zero-order chi connectivity index (χ0) is 19.6. The number of imidazole rings is 1. The molecule has 1 aliphatic heterocycles. The number of anilines is 1. The van der Waals surface area contributed by atoms with Crippen LogP contribution in [0.15, 0.2) is 18.5 Å². The van der Waals surface area contributed by atoms with Crippen LogP contribution in [0.2, 0.25) is 0 Å². The van der Waals surface area contributed by atoms with Gasteiger partial charge in [0.2, 0.25) is 5.91 Å². The number of nitrogens with two attached hydrogens (primary N) is 1. The monoisotopic (exact) mass is 389 g/mol. The second-order valence-corrected chi connectivity index (χ2v) is 7.89. The van der Waals surface area contributed by atoms with E-state index in [0.29, 0.717) is 35.1 Å². The van der Waals surface area contributed by atoms with Gasteiger partial charge in [-0.05, 0) is 18.9 Å². The standard InChI is InChI=1S/C19H21F2N5O2/c1-9(27)25-6-12-13(7-25)16(12)26-8-14(24-18(26)10-2-3-10)11-4-15(28-19(20)21)17(22)23-5-11/h4-5,8,10,12-13,16,19H,2-3,6-7H2,1H3,(H2,22,23). The van der Waals surface area contributed by atoms with Crippen molar-refractivity contribution in [3.63, 3.8) is 0 Å². The molecule has 0 radical (unpaired) electrons. The van der Waals surface area contributed by atoms with Gasteiger partial charge in [0, 0.05) is 61.8 Å². The van der Waals surface area contributed by atoms with Crippen LogP contribution in [0, 0.1) is 11.8 Å². The molecule has 2 aromatic rings. The average molecular weight is 389 g/mol. The lowest BCUT2D eigenvalue weighted by atomic mass is 10.2. The lowest BCUT2D eigenvalue weighted by Crippen LogP contribution is -2.29. The highest BCUT2D eigenvalue weighted by Crippen LogP contribution is 2.57. The number of ether oxygens (including phenoxy) is 1. The number of likely N-dealkylation sites (tertiary alicyclic amines) is 1. The Bertz CT molecular complexity index is 930. The molecule has 3 aliphatic rings. The van der Waals surface area contributed by atoms with E-state index < -0.39 is 6.61 Å². The summed E-state index contributed by atoms with van der Waals surface area (Å²) in [5.41, 5.74) is 6.92. The van der Waals surface area contributed by atoms with Crippen LogP contribution < -0.4 is 10.5 Å². The quantitative estimate of drug-likeness (QED) is 0.850. The summed E-state index contributed by atoms with van der Waals surface area (Å²) in [4.78, 5) is 22.3. The first-order valence-electron chi connectivity index (χ1n) is 9.47. The summed E-state index contributed by atoms with van der Waals surface area (Å²) in [6.07, 6.45) is 5.73. The molecule has 2 aromatic heterocycles. The van der Waals surface area contributed by atoms with Gasteiger partial charge in [0.25, 0.3) is 0 Å². The number of carbonyl (C=O) groups excluding carboxylic acids is 1. The molecule has 0 spiro atoms. The van der Waals surface area contributed by atoms with Gasteiger partial charge in [0.1, 0.15) is 5.82 Å². The van der Waals surface area contributed by atoms with E-state index in [1.54, 1.807) is 6.92 Å². The van der Waals surface area contributed by atoms with E-state index >= 15 is 0 Å². The van der Waals surface area contributed by atoms with Crippen molar-refractivity contribution in [2.45, 2.75) is 38.3 Å². The smallest absolute Gasteiger partial charge is 0.387 e. The molecule has 28 heavy (non-hydrogen) atoms. The summed E-state index contributed by atoms with van der Waals surface area (Å²) < 4.78 is 31.9. The minimum atomic E-state index is -2.96. The van der Waals surface area contributed by atoms with Crippen LogP contribution in [0.25, 0.3) is 11.3 Å². The van der Waals surface area contributed by atoms with Crippen molar-refractivity contribution in [1.29, 1.82) is 0 Å². The van der Waals surface area contributed by atoms with Crippen LogP contribution in [0.5, 0.6) is 5.75 Å². The summed E-state index contributed by atoms with van der Waals surface area (Å²) in [5.74, 6) is 2.31. The molecule has 2 unspecified atom stereocenters. The van der Waals surface area contributed by atoms with Crippen molar-refractivity contribution in [2.24, 2.45) is 11.8 Å². The van der Waals surface area contributed by atoms with Gasteiger partial charge in [-0.2, -0.15) is 8.78 Å². The molecule has 5 rings (SSSR count). The summed E-state index contributed by atoms with van der Waals surface area (Å²) >= 11 is 0. The van der Waals surface area contributed by atoms with E-state index in [9.17, 15) is 13.6 Å². The Kier molecular flexibility index (Phi) is 3.82. The number of halogens is 2. The number of pyridine rings is 1. The maximum Gasteiger partial charge on any atom is 0.387 e. The fraction of sp³-hybridized carbons (Fsp3) is 0.526. The lowest BCUT2D eigenvalue weighted by Gasteiger charge is -2.19. The van der Waals surface area contributed by atoms with Gasteiger partial charge < -0.3 is 19.9 Å². The number of aromatic nitrogens is 3. The molecule has 3 fully saturated rings. The van der Waals surface area contributed by atoms with Crippen molar-refractivity contribution in [2.75, 3.05) is 18.8 Å². The van der Waals surface area contributed by atoms with E-state index in [1.165, 1.54) is 12.3 Å². The summed E-state index contributed by atoms with van der Waals surface area (Å²) in [5, 5.41) is 0. The molecule has 2 N–H and O–H groups in total. The second-order valence-electron chi connectivity index (χ2n) is 7.89. The van der Waals surface area contributed by atoms with Gasteiger partial charge in [0.15, 0.2) is 11.6 Å². The molecule has 0 aromatic carbocycles. The Morgan fingerprint density at radius 2 is 2.04 bits per heavy atom. The Morgan fingerprint density at radius 3 is 2.64 bits per heavy atom. The molecule has 148 valence electrons. The van der Waals surface area contributed by atoms with Gasteiger partial charge in [-0.15, -0.1) is 0 Å². The third-order valence-corrected chi connectivity index (χ3v) is 6.01. The normalized spacial score (nSPS) is 25.9. The fourth-order valence-electron chi connectivity index (χ4n) is 4.38. The molecule has 0 bridgehead atoms. The highest BCUT2D eigenvalue weighted by molar-refractivity contribution is 5.74. The SMILES string of the molecule is CC(=O)N1CC2C(C1)C2n1cc(-c2cnc(N)c(OC(F)F)c2)nc1C1CC1. The van der Waals surface area contributed by atoms with Crippen LogP contribution >= 0.6 is 0 Å². The van der Waals surface area contributed by atoms with E-state index in [2.05, 4.69) is 14.3 Å². The largest absolute Gasteiger partial charge is 0.431 e. The van der Waals surface area contributed by atoms with E-state index in [1.807, 2.05) is 11.1 Å². The summed E-state index contributed by atoms with van der Waals surface area (Å²) in [6, 6.07) is 1.81. The number of hydrogen-bond donors (Lipinski definition) is 1. The fourth-order valence-corrected chi connectivity index (χ4v) is 4.38. The number of hydrogen-bond acceptors (Lipinski definition) is 5. The van der Waals surface area contributed by atoms with Crippen molar-refractivity contribution in [3.05, 3.63) is 24.3 Å². The van der Waals surface area contributed by atoms with Crippen molar-refractivity contribution < 1.29 is 18.3 Å². The van der Waals surface area contributed by atoms with Crippen LogP contribution in [0.3, 0.4) is 0 Å². The minimum absolute atomic E-state index is 0.0769. The Balaban J connectivity index is 1.44. The lowest BCUT2D eigenvalue weighted by molar-refractivity contribution is -0.128. The van der Waals surface area contributed by atoms with Gasteiger partial charge in [-0.25, -0.2) is 9.97 Å². The molecule has 2 atom stereocenters. The zero-order valence-corrected chi connectivity index (χ0v) is 15.4. The molecule has 7 nitrogen and oxygen atoms in total. The summed E-state index contributed by atoms with van der Waals surface area (Å²) in [6.45, 7) is 0.225. The second kappa shape index (κ2) is 6.15. The van der Waals surface area contributed by atoms with Gasteiger partial charge in [-0.1, -0.05) is 0 Å². The predicted molar refractivity (Wildman–Crippen MR) is 96.7 cm³/mol. The third kappa shape index (κ3) is 2.89. The van der Waals surface area contributed by atoms with Crippen molar-refractivity contribution in [3.8, 4) is 17.0 Å². The highest BCUT2D eigenvalue weighted by atomic mass is 19.3. The number of nitrogens with zero attached hydrogens (tertiary/aromatic N) is 4. The number of fused-ring (bicyclic) bond motifs is 1. The minimum Gasteiger partial charge on any atom is -0.431 e. The first kappa shape index (κ1) is 17.4. The Hall–Kier alpha value is -2.71. The zero-order valence-electron chi connectivity index (χ0n) is 15.4. The van der Waals surface area contributed by atoms with Gasteiger partial charge in [-0.3, -0.25) is 4.79 Å². The molecule has 2 saturated carbocycles. The van der Waals surface area contributed by atoms with E-state index in [4.69, 9.17) is 10.7 Å². The van der Waals surface area contributed by atoms with Gasteiger partial charge >= 0.3 is 6.61 Å². The molecular formula is C19H21F2N5O2. The molecule has 1 saturated heterocycles. The number of carbonyl (C=O) groups is 1. The van der Waals surface area contributed by atoms with E-state index in [0.717, 1.165) is 31.8 Å². The number of nitrogen functional groups attached to an aromatic ring is 1. The van der Waals surface area contributed by atoms with Crippen LogP contribution in [-0.2, 0) is 4.79 Å². The topological polar surface area (TPSA) is 86.3 Å². The van der Waals surface area contributed by atoms with Crippen LogP contribution in [0.4, 0.5) is 14.6 Å². The molecule has 3 heterocycles. The maximum atomic E-state index is 12.6. The van der Waals surface area contributed by atoms with Crippen molar-refractivity contribution in [1.82, 2.24) is 19.4 Å².